The van der Waals surface area contributed by atoms with Crippen molar-refractivity contribution in [3.8, 4) is 11.5 Å². The molecule has 2 rings (SSSR count). The lowest BCUT2D eigenvalue weighted by Crippen LogP contribution is -2.12. The summed E-state index contributed by atoms with van der Waals surface area (Å²) in [6.07, 6.45) is 0.276. The summed E-state index contributed by atoms with van der Waals surface area (Å²) in [5, 5.41) is 9.78. The van der Waals surface area contributed by atoms with Crippen LogP contribution < -0.4 is 15.1 Å². The molecule has 0 aliphatic carbocycles. The Morgan fingerprint density at radius 1 is 1.26 bits per heavy atom. The van der Waals surface area contributed by atoms with Crippen LogP contribution in [0.15, 0.2) is 21.3 Å². The molecule has 0 aliphatic heterocycles. The second kappa shape index (κ2) is 5.32. The number of aliphatic hydroxyl groups excluding tert-OH is 1. The number of methoxy groups -OCH3 is 2. The van der Waals surface area contributed by atoms with Crippen LogP contribution in [0, 0.1) is 6.92 Å². The van der Waals surface area contributed by atoms with Gasteiger partial charge in [0.25, 0.3) is 0 Å². The molecule has 1 aromatic carbocycles. The highest BCUT2D eigenvalue weighted by molar-refractivity contribution is 5.88. The van der Waals surface area contributed by atoms with E-state index in [4.69, 9.17) is 19.0 Å². The van der Waals surface area contributed by atoms with E-state index in [9.17, 15) is 4.79 Å². The van der Waals surface area contributed by atoms with Crippen molar-refractivity contribution in [2.24, 2.45) is 0 Å². The van der Waals surface area contributed by atoms with E-state index >= 15 is 0 Å². The fourth-order valence-corrected chi connectivity index (χ4v) is 2.17. The molecule has 5 nitrogen and oxygen atoms in total. The molecule has 19 heavy (non-hydrogen) atoms. The normalized spacial score (nSPS) is 10.7. The topological polar surface area (TPSA) is 68.9 Å². The SMILES string of the molecule is COc1ccc2c(C)c(CCO)c(=O)oc2c1OC. The summed E-state index contributed by atoms with van der Waals surface area (Å²) in [5.74, 6) is 0.906. The van der Waals surface area contributed by atoms with Crippen LogP contribution in [0.3, 0.4) is 0 Å². The first kappa shape index (κ1) is 13.4. The quantitative estimate of drug-likeness (QED) is 0.850. The molecule has 102 valence electrons. The van der Waals surface area contributed by atoms with E-state index in [-0.39, 0.29) is 13.0 Å². The smallest absolute Gasteiger partial charge is 0.339 e. The van der Waals surface area contributed by atoms with Gasteiger partial charge in [-0.2, -0.15) is 0 Å². The van der Waals surface area contributed by atoms with Crippen LogP contribution in [0.25, 0.3) is 11.0 Å². The molecular weight excluding hydrogens is 248 g/mol. The van der Waals surface area contributed by atoms with Crippen LogP contribution in [-0.4, -0.2) is 25.9 Å². The van der Waals surface area contributed by atoms with Gasteiger partial charge < -0.3 is 19.0 Å². The Bertz CT molecular complexity index is 657. The number of benzene rings is 1. The third-order valence-corrected chi connectivity index (χ3v) is 3.16. The zero-order valence-corrected chi connectivity index (χ0v) is 11.1. The number of aryl methyl sites for hydroxylation is 1. The largest absolute Gasteiger partial charge is 0.493 e. The van der Waals surface area contributed by atoms with Crippen molar-refractivity contribution < 1.29 is 19.0 Å². The minimum Gasteiger partial charge on any atom is -0.493 e. The van der Waals surface area contributed by atoms with Gasteiger partial charge in [0.05, 0.1) is 14.2 Å². The van der Waals surface area contributed by atoms with Gasteiger partial charge in [0.15, 0.2) is 11.3 Å². The summed E-state index contributed by atoms with van der Waals surface area (Å²) in [7, 11) is 3.02. The molecule has 5 heteroatoms. The number of hydrogen-bond acceptors (Lipinski definition) is 5. The molecule has 0 atom stereocenters. The van der Waals surface area contributed by atoms with E-state index in [0.717, 1.165) is 10.9 Å². The Morgan fingerprint density at radius 2 is 2.00 bits per heavy atom. The summed E-state index contributed by atoms with van der Waals surface area (Å²) in [4.78, 5) is 11.9. The van der Waals surface area contributed by atoms with Gasteiger partial charge in [0.2, 0.25) is 5.75 Å². The standard InChI is InChI=1S/C14H16O5/c1-8-9-4-5-11(17-2)13(18-3)12(9)19-14(16)10(8)6-7-15/h4-5,15H,6-7H2,1-3H3. The molecule has 0 saturated heterocycles. The lowest BCUT2D eigenvalue weighted by molar-refractivity contribution is 0.297. The summed E-state index contributed by atoms with van der Waals surface area (Å²) in [6.45, 7) is 1.74. The third kappa shape index (κ3) is 2.17. The van der Waals surface area contributed by atoms with Crippen molar-refractivity contribution in [1.29, 1.82) is 0 Å². The number of ether oxygens (including phenoxy) is 2. The highest BCUT2D eigenvalue weighted by Gasteiger charge is 2.17. The van der Waals surface area contributed by atoms with Gasteiger partial charge in [-0.05, 0) is 24.6 Å². The first-order valence-corrected chi connectivity index (χ1v) is 5.92. The molecule has 1 N–H and O–H groups in total. The maximum Gasteiger partial charge on any atom is 0.339 e. The number of hydrogen-bond donors (Lipinski definition) is 1. The van der Waals surface area contributed by atoms with Crippen LogP contribution in [0.5, 0.6) is 11.5 Å². The summed E-state index contributed by atoms with van der Waals surface area (Å²) < 4.78 is 15.7. The summed E-state index contributed by atoms with van der Waals surface area (Å²) >= 11 is 0. The second-order valence-electron chi connectivity index (χ2n) is 4.14. The highest BCUT2D eigenvalue weighted by atomic mass is 16.5. The fraction of sp³-hybridized carbons (Fsp3) is 0.357. The Kier molecular flexibility index (Phi) is 3.76. The zero-order chi connectivity index (χ0) is 14.0. The van der Waals surface area contributed by atoms with Crippen molar-refractivity contribution in [2.75, 3.05) is 20.8 Å². The zero-order valence-electron chi connectivity index (χ0n) is 11.1. The van der Waals surface area contributed by atoms with E-state index in [2.05, 4.69) is 0 Å². The average molecular weight is 264 g/mol. The predicted molar refractivity (Wildman–Crippen MR) is 71.1 cm³/mol. The Balaban J connectivity index is 2.83. The summed E-state index contributed by atoms with van der Waals surface area (Å²) in [5.41, 5.74) is 1.19. The molecular formula is C14H16O5. The maximum atomic E-state index is 11.9. The van der Waals surface area contributed by atoms with Crippen molar-refractivity contribution >= 4 is 11.0 Å². The Labute approximate surface area is 110 Å². The predicted octanol–water partition coefficient (Wildman–Crippen LogP) is 1.65. The van der Waals surface area contributed by atoms with Gasteiger partial charge in [-0.1, -0.05) is 0 Å². The minimum absolute atomic E-state index is 0.0929. The van der Waals surface area contributed by atoms with Crippen LogP contribution in [0.2, 0.25) is 0 Å². The van der Waals surface area contributed by atoms with Gasteiger partial charge >= 0.3 is 5.63 Å². The van der Waals surface area contributed by atoms with Crippen molar-refractivity contribution in [1.82, 2.24) is 0 Å². The van der Waals surface area contributed by atoms with Gasteiger partial charge in [0, 0.05) is 24.0 Å². The fourth-order valence-electron chi connectivity index (χ4n) is 2.17. The lowest BCUT2D eigenvalue weighted by Gasteiger charge is -2.12. The Hall–Kier alpha value is -2.01. The minimum atomic E-state index is -0.453. The van der Waals surface area contributed by atoms with Gasteiger partial charge in [-0.3, -0.25) is 0 Å². The van der Waals surface area contributed by atoms with Crippen molar-refractivity contribution in [3.05, 3.63) is 33.7 Å². The van der Waals surface area contributed by atoms with Crippen LogP contribution in [0.4, 0.5) is 0 Å². The first-order chi connectivity index (χ1) is 9.13. The number of aliphatic hydroxyl groups is 1. The number of rotatable bonds is 4. The molecule has 1 heterocycles. The molecule has 0 spiro atoms. The van der Waals surface area contributed by atoms with Crippen LogP contribution >= 0.6 is 0 Å². The monoisotopic (exact) mass is 264 g/mol. The van der Waals surface area contributed by atoms with Crippen LogP contribution in [0.1, 0.15) is 11.1 Å². The van der Waals surface area contributed by atoms with Gasteiger partial charge in [-0.25, -0.2) is 4.79 Å². The van der Waals surface area contributed by atoms with E-state index in [1.165, 1.54) is 14.2 Å². The van der Waals surface area contributed by atoms with E-state index < -0.39 is 5.63 Å². The molecule has 0 saturated carbocycles. The maximum absolute atomic E-state index is 11.9. The third-order valence-electron chi connectivity index (χ3n) is 3.16. The molecule has 1 aromatic heterocycles. The van der Waals surface area contributed by atoms with Gasteiger partial charge in [0.1, 0.15) is 0 Å². The average Bonchev–Trinajstić information content (AvgIpc) is 2.42. The molecule has 0 radical (unpaired) electrons. The molecule has 0 unspecified atom stereocenters. The molecule has 0 bridgehead atoms. The number of fused-ring (bicyclic) bond motifs is 1. The Morgan fingerprint density at radius 3 is 2.58 bits per heavy atom. The molecule has 0 aliphatic rings. The van der Waals surface area contributed by atoms with Gasteiger partial charge in [-0.15, -0.1) is 0 Å². The van der Waals surface area contributed by atoms with E-state index in [1.807, 2.05) is 13.0 Å². The van der Waals surface area contributed by atoms with Crippen molar-refractivity contribution in [3.63, 3.8) is 0 Å². The molecule has 2 aromatic rings. The second-order valence-corrected chi connectivity index (χ2v) is 4.14. The highest BCUT2D eigenvalue weighted by Crippen LogP contribution is 2.36. The van der Waals surface area contributed by atoms with Crippen molar-refractivity contribution in [2.45, 2.75) is 13.3 Å². The lowest BCUT2D eigenvalue weighted by atomic mass is 10.0. The van der Waals surface area contributed by atoms with E-state index in [1.54, 1.807) is 6.07 Å². The first-order valence-electron chi connectivity index (χ1n) is 5.92. The van der Waals surface area contributed by atoms with E-state index in [0.29, 0.717) is 22.6 Å². The molecule has 0 fully saturated rings. The molecule has 0 amide bonds. The summed E-state index contributed by atoms with van der Waals surface area (Å²) in [6, 6.07) is 3.58. The van der Waals surface area contributed by atoms with Crippen LogP contribution in [-0.2, 0) is 6.42 Å².